The minimum absolute atomic E-state index is 0.663. The van der Waals surface area contributed by atoms with Crippen LogP contribution in [-0.2, 0) is 0 Å². The van der Waals surface area contributed by atoms with E-state index in [0.29, 0.717) is 5.95 Å². The average Bonchev–Trinajstić information content (AvgIpc) is 3.87. The van der Waals surface area contributed by atoms with Crippen LogP contribution in [0.2, 0.25) is 0 Å². The first-order valence-corrected chi connectivity index (χ1v) is 18.0. The molecule has 0 N–H and O–H groups in total. The van der Waals surface area contributed by atoms with Crippen molar-refractivity contribution in [2.75, 3.05) is 0 Å². The second-order valence-corrected chi connectivity index (χ2v) is 14.2. The largest absolute Gasteiger partial charge is 0.317 e. The van der Waals surface area contributed by atoms with E-state index in [9.17, 15) is 0 Å². The quantitative estimate of drug-likeness (QED) is 0.187. The van der Waals surface area contributed by atoms with Crippen LogP contribution in [0.1, 0.15) is 0 Å². The lowest BCUT2D eigenvalue weighted by molar-refractivity contribution is 1.01. The molecular formula is C46H28N4S. The second-order valence-electron chi connectivity index (χ2n) is 13.1. The zero-order chi connectivity index (χ0) is 33.5. The van der Waals surface area contributed by atoms with Crippen LogP contribution in [0.25, 0.3) is 97.8 Å². The molecular weight excluding hydrogens is 641 g/mol. The van der Waals surface area contributed by atoms with Gasteiger partial charge in [-0.3, -0.25) is 4.57 Å². The maximum absolute atomic E-state index is 5.43. The molecule has 5 heteroatoms. The fourth-order valence-electron chi connectivity index (χ4n) is 7.73. The van der Waals surface area contributed by atoms with Crippen LogP contribution in [0.3, 0.4) is 0 Å². The highest BCUT2D eigenvalue weighted by atomic mass is 32.1. The highest BCUT2D eigenvalue weighted by molar-refractivity contribution is 7.25. The van der Waals surface area contributed by atoms with E-state index in [4.69, 9.17) is 9.97 Å². The lowest BCUT2D eigenvalue weighted by atomic mass is 10.0. The summed E-state index contributed by atoms with van der Waals surface area (Å²) in [5.41, 5.74) is 9.77. The molecule has 0 spiro atoms. The van der Waals surface area contributed by atoms with Gasteiger partial charge in [0.1, 0.15) is 0 Å². The Bertz CT molecular complexity index is 3120. The summed E-state index contributed by atoms with van der Waals surface area (Å²) in [7, 11) is 0. The molecule has 0 saturated heterocycles. The fourth-order valence-corrected chi connectivity index (χ4v) is 8.85. The molecule has 0 fully saturated rings. The molecule has 4 heterocycles. The van der Waals surface area contributed by atoms with Gasteiger partial charge in [-0.05, 0) is 65.7 Å². The fraction of sp³-hybridized carbons (Fsp3) is 0. The maximum atomic E-state index is 5.43. The minimum Gasteiger partial charge on any atom is -0.317 e. The van der Waals surface area contributed by atoms with Gasteiger partial charge in [-0.15, -0.1) is 11.3 Å². The molecule has 51 heavy (non-hydrogen) atoms. The summed E-state index contributed by atoms with van der Waals surface area (Å²) in [4.78, 5) is 10.7. The number of benzene rings is 7. The third-order valence-corrected chi connectivity index (χ3v) is 11.3. The smallest absolute Gasteiger partial charge is 0.235 e. The van der Waals surface area contributed by atoms with Gasteiger partial charge in [-0.25, -0.2) is 9.97 Å². The van der Waals surface area contributed by atoms with Gasteiger partial charge in [0.25, 0.3) is 0 Å². The standard InChI is InChI=1S/C46H28N4S/c1-3-11-29(12-4-1)30-19-21-31(22-20-30)45-35-16-7-9-17-39(35)47-46(48-45)50-41-25-32-23-24-49(33-13-5-2-6-14-33)40(32)26-36(41)37-28-44-38(27-42(37)50)34-15-8-10-18-43(34)51-44/h1-28H. The predicted molar refractivity (Wildman–Crippen MR) is 214 cm³/mol. The number of nitrogens with zero attached hydrogens (tertiary/aromatic N) is 4. The Labute approximate surface area is 297 Å². The molecule has 4 nitrogen and oxygen atoms in total. The van der Waals surface area contributed by atoms with Crippen LogP contribution in [0.5, 0.6) is 0 Å². The first-order chi connectivity index (χ1) is 25.3. The van der Waals surface area contributed by atoms with Crippen molar-refractivity contribution < 1.29 is 0 Å². The summed E-state index contributed by atoms with van der Waals surface area (Å²) in [5.74, 6) is 0.663. The van der Waals surface area contributed by atoms with E-state index >= 15 is 0 Å². The average molecular weight is 669 g/mol. The van der Waals surface area contributed by atoms with E-state index < -0.39 is 0 Å². The van der Waals surface area contributed by atoms with Crippen molar-refractivity contribution in [1.82, 2.24) is 19.1 Å². The van der Waals surface area contributed by atoms with Crippen molar-refractivity contribution in [2.24, 2.45) is 0 Å². The van der Waals surface area contributed by atoms with Crippen LogP contribution < -0.4 is 0 Å². The van der Waals surface area contributed by atoms with E-state index in [-0.39, 0.29) is 0 Å². The number of rotatable bonds is 4. The molecule has 0 atom stereocenters. The highest BCUT2D eigenvalue weighted by Gasteiger charge is 2.21. The Morgan fingerprint density at radius 3 is 1.92 bits per heavy atom. The van der Waals surface area contributed by atoms with Crippen molar-refractivity contribution in [3.05, 3.63) is 170 Å². The predicted octanol–water partition coefficient (Wildman–Crippen LogP) is 12.4. The molecule has 0 saturated carbocycles. The molecule has 238 valence electrons. The number of aromatic nitrogens is 4. The zero-order valence-electron chi connectivity index (χ0n) is 27.4. The SMILES string of the molecule is c1ccc(-c2ccc(-c3nc(-n4c5cc6ccn(-c7ccccc7)c6cc5c5cc6sc7ccccc7c6cc54)nc4ccccc34)cc2)cc1. The van der Waals surface area contributed by atoms with Crippen LogP contribution in [-0.4, -0.2) is 19.1 Å². The summed E-state index contributed by atoms with van der Waals surface area (Å²) in [6, 6.07) is 58.5. The minimum atomic E-state index is 0.663. The molecule has 0 bridgehead atoms. The second kappa shape index (κ2) is 11.0. The van der Waals surface area contributed by atoms with Crippen LogP contribution in [0.15, 0.2) is 170 Å². The topological polar surface area (TPSA) is 35.6 Å². The van der Waals surface area contributed by atoms with Crippen molar-refractivity contribution in [3.63, 3.8) is 0 Å². The molecule has 0 unspecified atom stereocenters. The van der Waals surface area contributed by atoms with E-state index in [1.54, 1.807) is 0 Å². The highest BCUT2D eigenvalue weighted by Crippen LogP contribution is 2.42. The summed E-state index contributed by atoms with van der Waals surface area (Å²) in [6.45, 7) is 0. The summed E-state index contributed by atoms with van der Waals surface area (Å²) < 4.78 is 7.13. The van der Waals surface area contributed by atoms with Gasteiger partial charge >= 0.3 is 0 Å². The number of hydrogen-bond acceptors (Lipinski definition) is 3. The van der Waals surface area contributed by atoms with Crippen LogP contribution in [0, 0.1) is 0 Å². The third-order valence-electron chi connectivity index (χ3n) is 10.2. The van der Waals surface area contributed by atoms with E-state index in [1.165, 1.54) is 53.0 Å². The molecule has 0 aliphatic carbocycles. The van der Waals surface area contributed by atoms with E-state index in [0.717, 1.165) is 38.9 Å². The van der Waals surface area contributed by atoms with Crippen LogP contribution in [0.4, 0.5) is 0 Å². The van der Waals surface area contributed by atoms with Gasteiger partial charge < -0.3 is 4.57 Å². The van der Waals surface area contributed by atoms with Gasteiger partial charge in [0, 0.05) is 59.2 Å². The normalized spacial score (nSPS) is 11.9. The molecule has 0 aliphatic rings. The summed E-state index contributed by atoms with van der Waals surface area (Å²) >= 11 is 1.85. The van der Waals surface area contributed by atoms with Gasteiger partial charge in [0.15, 0.2) is 0 Å². The monoisotopic (exact) mass is 668 g/mol. The van der Waals surface area contributed by atoms with Crippen molar-refractivity contribution in [2.45, 2.75) is 0 Å². The van der Waals surface area contributed by atoms with E-state index in [2.05, 4.69) is 179 Å². The van der Waals surface area contributed by atoms with Gasteiger partial charge in [-0.1, -0.05) is 109 Å². The molecule has 11 rings (SSSR count). The zero-order valence-corrected chi connectivity index (χ0v) is 28.2. The third kappa shape index (κ3) is 4.38. The number of thiophene rings is 1. The number of fused-ring (bicyclic) bond motifs is 8. The lowest BCUT2D eigenvalue weighted by Crippen LogP contribution is -2.03. The Morgan fingerprint density at radius 1 is 0.431 bits per heavy atom. The Hall–Kier alpha value is -6.56. The van der Waals surface area contributed by atoms with Gasteiger partial charge in [0.05, 0.1) is 27.8 Å². The van der Waals surface area contributed by atoms with Crippen molar-refractivity contribution in [1.29, 1.82) is 0 Å². The molecule has 7 aromatic carbocycles. The van der Waals surface area contributed by atoms with E-state index in [1.807, 2.05) is 11.3 Å². The van der Waals surface area contributed by atoms with Crippen molar-refractivity contribution in [3.8, 4) is 34.0 Å². The molecule has 4 aromatic heterocycles. The lowest BCUT2D eigenvalue weighted by Gasteiger charge is -2.12. The molecule has 11 aromatic rings. The Balaban J connectivity index is 1.21. The Kier molecular flexibility index (Phi) is 6.09. The first-order valence-electron chi connectivity index (χ1n) is 17.2. The Morgan fingerprint density at radius 2 is 1.08 bits per heavy atom. The van der Waals surface area contributed by atoms with Crippen molar-refractivity contribution >= 4 is 75.1 Å². The molecule has 0 radical (unpaired) electrons. The van der Waals surface area contributed by atoms with Gasteiger partial charge in [0.2, 0.25) is 5.95 Å². The summed E-state index contributed by atoms with van der Waals surface area (Å²) in [6.07, 6.45) is 2.17. The number of hydrogen-bond donors (Lipinski definition) is 0. The molecule has 0 amide bonds. The van der Waals surface area contributed by atoms with Crippen LogP contribution >= 0.6 is 11.3 Å². The van der Waals surface area contributed by atoms with Gasteiger partial charge in [-0.2, -0.15) is 0 Å². The molecule has 0 aliphatic heterocycles. The maximum Gasteiger partial charge on any atom is 0.235 e. The number of para-hydroxylation sites is 2. The summed E-state index contributed by atoms with van der Waals surface area (Å²) in [5, 5.41) is 7.09. The first kappa shape index (κ1) is 28.3.